The van der Waals surface area contributed by atoms with E-state index in [0.717, 1.165) is 18.5 Å². The van der Waals surface area contributed by atoms with Gasteiger partial charge < -0.3 is 10.5 Å². The number of hydrogen-bond donors (Lipinski definition) is 1. The summed E-state index contributed by atoms with van der Waals surface area (Å²) < 4.78 is 0.477. The van der Waals surface area contributed by atoms with E-state index in [-0.39, 0.29) is 23.7 Å². The minimum Gasteiger partial charge on any atom is -0.619 e. The van der Waals surface area contributed by atoms with Crippen molar-refractivity contribution in [2.45, 2.75) is 6.92 Å². The molecular formula is C10H11N3O4. The number of carbonyl (C=O) groups is 1. The van der Waals surface area contributed by atoms with Gasteiger partial charge >= 0.3 is 0 Å². The highest BCUT2D eigenvalue weighted by Crippen LogP contribution is 2.16. The maximum absolute atomic E-state index is 11.0. The van der Waals surface area contributed by atoms with Crippen LogP contribution in [0.2, 0.25) is 0 Å². The molecule has 0 aliphatic heterocycles. The Bertz CT molecular complexity index is 471. The summed E-state index contributed by atoms with van der Waals surface area (Å²) in [6, 6.07) is 1.13. The molecule has 0 saturated heterocycles. The minimum absolute atomic E-state index is 0.156. The Labute approximate surface area is 97.1 Å². The minimum atomic E-state index is -0.571. The van der Waals surface area contributed by atoms with Gasteiger partial charge in [-0.25, -0.2) is 0 Å². The second-order valence-corrected chi connectivity index (χ2v) is 3.24. The summed E-state index contributed by atoms with van der Waals surface area (Å²) in [5.41, 5.74) is 0.0361. The molecule has 1 rings (SSSR count). The first-order valence-electron chi connectivity index (χ1n) is 4.79. The number of nitrogens with one attached hydrogen (secondary N) is 1. The average molecular weight is 237 g/mol. The molecule has 0 aliphatic carbocycles. The van der Waals surface area contributed by atoms with Crippen LogP contribution in [0.25, 0.3) is 6.08 Å². The molecule has 0 atom stereocenters. The molecule has 7 heteroatoms. The number of pyridine rings is 1. The molecule has 1 aromatic heterocycles. The standard InChI is InChI=1S/C10H11N3O4/c1-8(14)11-5-2-3-9-7-12(15)6-4-10(9)13(16)17/h2-4,6-7H,5H2,1H3,(H,11,14). The maximum atomic E-state index is 11.0. The number of hydrogen-bond acceptors (Lipinski definition) is 4. The molecule has 0 fully saturated rings. The summed E-state index contributed by atoms with van der Waals surface area (Å²) in [7, 11) is 0. The summed E-state index contributed by atoms with van der Waals surface area (Å²) >= 11 is 0. The van der Waals surface area contributed by atoms with Crippen LogP contribution < -0.4 is 10.0 Å². The Morgan fingerprint density at radius 3 is 2.94 bits per heavy atom. The van der Waals surface area contributed by atoms with Crippen molar-refractivity contribution in [3.63, 3.8) is 0 Å². The second kappa shape index (κ2) is 5.59. The van der Waals surface area contributed by atoms with Crippen LogP contribution in [0, 0.1) is 15.3 Å². The lowest BCUT2D eigenvalue weighted by Crippen LogP contribution is -2.25. The van der Waals surface area contributed by atoms with Gasteiger partial charge in [0.1, 0.15) is 5.56 Å². The van der Waals surface area contributed by atoms with Crippen LogP contribution in [0.4, 0.5) is 5.69 Å². The monoisotopic (exact) mass is 237 g/mol. The lowest BCUT2D eigenvalue weighted by molar-refractivity contribution is -0.606. The van der Waals surface area contributed by atoms with Gasteiger partial charge in [0.15, 0.2) is 12.4 Å². The SMILES string of the molecule is CC(=O)NCC=Cc1c[n+]([O-])ccc1[N+](=O)[O-]. The van der Waals surface area contributed by atoms with E-state index in [1.807, 2.05) is 0 Å². The van der Waals surface area contributed by atoms with Gasteiger partial charge in [-0.05, 0) is 6.08 Å². The van der Waals surface area contributed by atoms with E-state index >= 15 is 0 Å². The summed E-state index contributed by atoms with van der Waals surface area (Å²) in [6.07, 6.45) is 5.11. The van der Waals surface area contributed by atoms with Crippen LogP contribution in [-0.2, 0) is 4.79 Å². The third kappa shape index (κ3) is 3.90. The molecule has 17 heavy (non-hydrogen) atoms. The highest BCUT2D eigenvalue weighted by molar-refractivity contribution is 5.73. The van der Waals surface area contributed by atoms with E-state index in [1.165, 1.54) is 19.1 Å². The number of nitro groups is 1. The summed E-state index contributed by atoms with van der Waals surface area (Å²) in [5, 5.41) is 24.2. The Balaban J connectivity index is 2.85. The van der Waals surface area contributed by atoms with Gasteiger partial charge in [-0.15, -0.1) is 0 Å². The van der Waals surface area contributed by atoms with Gasteiger partial charge in [-0.2, -0.15) is 4.73 Å². The molecule has 0 unspecified atom stereocenters. The van der Waals surface area contributed by atoms with E-state index in [1.54, 1.807) is 0 Å². The molecule has 0 radical (unpaired) electrons. The number of nitrogens with zero attached hydrogens (tertiary/aromatic N) is 2. The molecule has 7 nitrogen and oxygen atoms in total. The van der Waals surface area contributed by atoms with Crippen LogP contribution in [0.3, 0.4) is 0 Å². The van der Waals surface area contributed by atoms with Crippen LogP contribution in [-0.4, -0.2) is 17.4 Å². The van der Waals surface area contributed by atoms with E-state index in [2.05, 4.69) is 5.32 Å². The lowest BCUT2D eigenvalue weighted by Gasteiger charge is -1.99. The number of amides is 1. The molecule has 90 valence electrons. The molecule has 0 aliphatic rings. The number of carbonyl (C=O) groups excluding carboxylic acids is 1. The first-order chi connectivity index (χ1) is 8.00. The fraction of sp³-hybridized carbons (Fsp3) is 0.200. The van der Waals surface area contributed by atoms with Crippen molar-refractivity contribution in [2.24, 2.45) is 0 Å². The van der Waals surface area contributed by atoms with Crippen molar-refractivity contribution >= 4 is 17.7 Å². The predicted molar refractivity (Wildman–Crippen MR) is 59.8 cm³/mol. The van der Waals surface area contributed by atoms with Gasteiger partial charge in [0.2, 0.25) is 5.91 Å². The smallest absolute Gasteiger partial charge is 0.288 e. The third-order valence-corrected chi connectivity index (χ3v) is 1.90. The van der Waals surface area contributed by atoms with Gasteiger partial charge in [-0.1, -0.05) is 6.08 Å². The van der Waals surface area contributed by atoms with Gasteiger partial charge in [0, 0.05) is 13.5 Å². The van der Waals surface area contributed by atoms with Gasteiger partial charge in [0.05, 0.1) is 11.0 Å². The van der Waals surface area contributed by atoms with Crippen molar-refractivity contribution < 1.29 is 14.4 Å². The van der Waals surface area contributed by atoms with Crippen molar-refractivity contribution in [2.75, 3.05) is 6.54 Å². The molecule has 1 heterocycles. The Kier molecular flexibility index (Phi) is 4.15. The zero-order valence-corrected chi connectivity index (χ0v) is 9.12. The first-order valence-corrected chi connectivity index (χ1v) is 4.79. The van der Waals surface area contributed by atoms with E-state index in [4.69, 9.17) is 0 Å². The van der Waals surface area contributed by atoms with E-state index in [0.29, 0.717) is 4.73 Å². The average Bonchev–Trinajstić information content (AvgIpc) is 2.23. The Morgan fingerprint density at radius 2 is 2.35 bits per heavy atom. The molecule has 0 bridgehead atoms. The third-order valence-electron chi connectivity index (χ3n) is 1.90. The highest BCUT2D eigenvalue weighted by atomic mass is 16.6. The van der Waals surface area contributed by atoms with Crippen LogP contribution in [0.1, 0.15) is 12.5 Å². The van der Waals surface area contributed by atoms with Crippen molar-refractivity contribution in [3.8, 4) is 0 Å². The molecule has 1 aromatic rings. The molecule has 0 spiro atoms. The summed E-state index contributed by atoms with van der Waals surface area (Å²) in [4.78, 5) is 20.7. The van der Waals surface area contributed by atoms with Crippen molar-refractivity contribution in [1.29, 1.82) is 0 Å². The normalized spacial score (nSPS) is 10.4. The zero-order chi connectivity index (χ0) is 12.8. The van der Waals surface area contributed by atoms with Crippen LogP contribution >= 0.6 is 0 Å². The molecular weight excluding hydrogens is 226 g/mol. The van der Waals surface area contributed by atoms with Gasteiger partial charge in [0.25, 0.3) is 5.69 Å². The summed E-state index contributed by atoms with van der Waals surface area (Å²) in [6.45, 7) is 1.62. The van der Waals surface area contributed by atoms with E-state index < -0.39 is 4.92 Å². The molecule has 0 saturated carbocycles. The maximum Gasteiger partial charge on any atom is 0.288 e. The molecule has 1 amide bonds. The first kappa shape index (κ1) is 12.6. The zero-order valence-electron chi connectivity index (χ0n) is 9.12. The Hall–Kier alpha value is -2.44. The quantitative estimate of drug-likeness (QED) is 0.354. The predicted octanol–water partition coefficient (Wildman–Crippen LogP) is 0.378. The lowest BCUT2D eigenvalue weighted by atomic mass is 10.2. The largest absolute Gasteiger partial charge is 0.619 e. The Morgan fingerprint density at radius 1 is 1.65 bits per heavy atom. The highest BCUT2D eigenvalue weighted by Gasteiger charge is 2.14. The molecule has 1 N–H and O–H groups in total. The van der Waals surface area contributed by atoms with Crippen LogP contribution in [0.5, 0.6) is 0 Å². The fourth-order valence-corrected chi connectivity index (χ4v) is 1.17. The summed E-state index contributed by atoms with van der Waals surface area (Å²) in [5.74, 6) is -0.198. The van der Waals surface area contributed by atoms with Crippen molar-refractivity contribution in [1.82, 2.24) is 5.32 Å². The van der Waals surface area contributed by atoms with Crippen molar-refractivity contribution in [3.05, 3.63) is 45.4 Å². The van der Waals surface area contributed by atoms with Crippen LogP contribution in [0.15, 0.2) is 24.5 Å². The topological polar surface area (TPSA) is 99.2 Å². The number of rotatable bonds is 4. The number of aromatic nitrogens is 1. The fourth-order valence-electron chi connectivity index (χ4n) is 1.17. The molecule has 0 aromatic carbocycles. The van der Waals surface area contributed by atoms with E-state index in [9.17, 15) is 20.1 Å². The second-order valence-electron chi connectivity index (χ2n) is 3.24. The van der Waals surface area contributed by atoms with Gasteiger partial charge in [-0.3, -0.25) is 14.9 Å².